The largest absolute Gasteiger partial charge is 0.409 e. The number of rotatable bonds is 3. The molecule has 0 aliphatic heterocycles. The van der Waals surface area contributed by atoms with E-state index in [0.29, 0.717) is 12.0 Å². The second-order valence-corrected chi connectivity index (χ2v) is 8.89. The van der Waals surface area contributed by atoms with Gasteiger partial charge in [0.25, 0.3) is 0 Å². The van der Waals surface area contributed by atoms with Gasteiger partial charge in [-0.05, 0) is 30.6 Å². The Morgan fingerprint density at radius 3 is 2.44 bits per heavy atom. The van der Waals surface area contributed by atoms with Crippen LogP contribution in [0.5, 0.6) is 0 Å². The Bertz CT molecular complexity index is 370. The molecule has 1 aliphatic carbocycles. The maximum absolute atomic E-state index is 6.37. The SMILES string of the molecule is C[C@H]1C=CC[C@@H]1O[Si](C)(C)c1ccccc1. The summed E-state index contributed by atoms with van der Waals surface area (Å²) in [6.45, 7) is 6.81. The normalized spacial score (nSPS) is 24.9. The standard InChI is InChI=1S/C14H20OSi/c1-12-8-7-11-14(12)15-16(2,3)13-9-5-4-6-10-13/h4-10,12,14H,11H2,1-3H3/t12-,14-/m0/s1. The van der Waals surface area contributed by atoms with Crippen molar-refractivity contribution in [2.75, 3.05) is 0 Å². The molecule has 1 aromatic carbocycles. The Balaban J connectivity index is 2.08. The first-order valence-electron chi connectivity index (χ1n) is 5.99. The Morgan fingerprint density at radius 2 is 1.88 bits per heavy atom. The van der Waals surface area contributed by atoms with Gasteiger partial charge in [0.15, 0.2) is 0 Å². The van der Waals surface area contributed by atoms with Crippen molar-refractivity contribution in [3.05, 3.63) is 42.5 Å². The molecule has 0 saturated carbocycles. The smallest absolute Gasteiger partial charge is 0.218 e. The fourth-order valence-corrected chi connectivity index (χ4v) is 4.41. The highest BCUT2D eigenvalue weighted by atomic mass is 28.4. The first-order valence-corrected chi connectivity index (χ1v) is 8.90. The monoisotopic (exact) mass is 232 g/mol. The van der Waals surface area contributed by atoms with Gasteiger partial charge < -0.3 is 4.43 Å². The molecule has 1 aromatic rings. The van der Waals surface area contributed by atoms with Gasteiger partial charge in [-0.3, -0.25) is 0 Å². The van der Waals surface area contributed by atoms with Crippen molar-refractivity contribution in [3.8, 4) is 0 Å². The Kier molecular flexibility index (Phi) is 3.31. The molecule has 86 valence electrons. The summed E-state index contributed by atoms with van der Waals surface area (Å²) in [5.74, 6) is 0.565. The number of hydrogen-bond donors (Lipinski definition) is 0. The third-order valence-corrected chi connectivity index (χ3v) is 5.93. The topological polar surface area (TPSA) is 9.23 Å². The van der Waals surface area contributed by atoms with Crippen LogP contribution < -0.4 is 5.19 Å². The highest BCUT2D eigenvalue weighted by Gasteiger charge is 2.31. The Labute approximate surface area is 99.3 Å². The van der Waals surface area contributed by atoms with E-state index in [1.165, 1.54) is 5.19 Å². The summed E-state index contributed by atoms with van der Waals surface area (Å²) in [5.41, 5.74) is 0. The molecule has 0 heterocycles. The number of benzene rings is 1. The van der Waals surface area contributed by atoms with Crippen molar-refractivity contribution in [2.45, 2.75) is 32.5 Å². The Morgan fingerprint density at radius 1 is 1.19 bits per heavy atom. The van der Waals surface area contributed by atoms with Gasteiger partial charge >= 0.3 is 0 Å². The maximum atomic E-state index is 6.37. The minimum atomic E-state index is -1.73. The van der Waals surface area contributed by atoms with Crippen LogP contribution in [0.25, 0.3) is 0 Å². The molecule has 0 amide bonds. The van der Waals surface area contributed by atoms with Crippen LogP contribution in [0.1, 0.15) is 13.3 Å². The Hall–Kier alpha value is -0.863. The third-order valence-electron chi connectivity index (χ3n) is 3.31. The molecule has 1 nitrogen and oxygen atoms in total. The van der Waals surface area contributed by atoms with Crippen LogP contribution in [0.3, 0.4) is 0 Å². The van der Waals surface area contributed by atoms with E-state index in [2.05, 4.69) is 62.5 Å². The average Bonchev–Trinajstić information content (AvgIpc) is 2.65. The van der Waals surface area contributed by atoms with Gasteiger partial charge in [0.1, 0.15) is 0 Å². The lowest BCUT2D eigenvalue weighted by Gasteiger charge is -2.29. The average molecular weight is 232 g/mol. The molecule has 2 rings (SSSR count). The summed E-state index contributed by atoms with van der Waals surface area (Å²) >= 11 is 0. The van der Waals surface area contributed by atoms with Gasteiger partial charge in [-0.1, -0.05) is 49.4 Å². The minimum Gasteiger partial charge on any atom is -0.409 e. The molecule has 0 unspecified atom stereocenters. The van der Waals surface area contributed by atoms with Crippen molar-refractivity contribution in [1.82, 2.24) is 0 Å². The zero-order chi connectivity index (χ0) is 11.6. The molecule has 0 aromatic heterocycles. The van der Waals surface area contributed by atoms with Gasteiger partial charge in [-0.2, -0.15) is 0 Å². The van der Waals surface area contributed by atoms with Crippen molar-refractivity contribution in [1.29, 1.82) is 0 Å². The zero-order valence-corrected chi connectivity index (χ0v) is 11.3. The summed E-state index contributed by atoms with van der Waals surface area (Å²) in [6.07, 6.45) is 5.97. The highest BCUT2D eigenvalue weighted by molar-refractivity contribution is 6.84. The van der Waals surface area contributed by atoms with Gasteiger partial charge in [0.2, 0.25) is 8.32 Å². The van der Waals surface area contributed by atoms with E-state index in [0.717, 1.165) is 6.42 Å². The molecule has 0 spiro atoms. The van der Waals surface area contributed by atoms with E-state index in [1.807, 2.05) is 0 Å². The quantitative estimate of drug-likeness (QED) is 0.575. The van der Waals surface area contributed by atoms with Gasteiger partial charge in [0, 0.05) is 0 Å². The van der Waals surface area contributed by atoms with E-state index in [9.17, 15) is 0 Å². The molecule has 0 bridgehead atoms. The second kappa shape index (κ2) is 4.56. The molecular formula is C14H20OSi. The highest BCUT2D eigenvalue weighted by Crippen LogP contribution is 2.24. The first-order chi connectivity index (χ1) is 7.59. The third kappa shape index (κ3) is 2.44. The molecule has 0 fully saturated rings. The summed E-state index contributed by atoms with van der Waals surface area (Å²) in [6, 6.07) is 10.7. The van der Waals surface area contributed by atoms with Gasteiger partial charge in [0.05, 0.1) is 6.10 Å². The molecular weight excluding hydrogens is 212 g/mol. The van der Waals surface area contributed by atoms with Crippen LogP contribution in [0.2, 0.25) is 13.1 Å². The van der Waals surface area contributed by atoms with Gasteiger partial charge in [-0.15, -0.1) is 0 Å². The fourth-order valence-electron chi connectivity index (χ4n) is 2.21. The number of hydrogen-bond acceptors (Lipinski definition) is 1. The summed E-state index contributed by atoms with van der Waals surface area (Å²) in [7, 11) is -1.73. The molecule has 16 heavy (non-hydrogen) atoms. The first kappa shape index (κ1) is 11.6. The maximum Gasteiger partial charge on any atom is 0.218 e. The van der Waals surface area contributed by atoms with Crippen LogP contribution >= 0.6 is 0 Å². The van der Waals surface area contributed by atoms with Crippen LogP contribution in [0, 0.1) is 5.92 Å². The van der Waals surface area contributed by atoms with Crippen molar-refractivity contribution in [3.63, 3.8) is 0 Å². The lowest BCUT2D eigenvalue weighted by atomic mass is 10.1. The van der Waals surface area contributed by atoms with Crippen LogP contribution in [0.4, 0.5) is 0 Å². The second-order valence-electron chi connectivity index (χ2n) is 5.06. The lowest BCUT2D eigenvalue weighted by Crippen LogP contribution is -2.47. The van der Waals surface area contributed by atoms with Crippen LogP contribution in [-0.2, 0) is 4.43 Å². The molecule has 2 heteroatoms. The van der Waals surface area contributed by atoms with Crippen molar-refractivity contribution < 1.29 is 4.43 Å². The predicted molar refractivity (Wildman–Crippen MR) is 71.4 cm³/mol. The summed E-state index contributed by atoms with van der Waals surface area (Å²) < 4.78 is 6.37. The summed E-state index contributed by atoms with van der Waals surface area (Å²) in [5, 5.41) is 1.38. The molecule has 1 aliphatic rings. The van der Waals surface area contributed by atoms with Crippen LogP contribution in [0.15, 0.2) is 42.5 Å². The fraction of sp³-hybridized carbons (Fsp3) is 0.429. The van der Waals surface area contributed by atoms with E-state index < -0.39 is 8.32 Å². The van der Waals surface area contributed by atoms with Gasteiger partial charge in [-0.25, -0.2) is 0 Å². The molecule has 2 atom stereocenters. The van der Waals surface area contributed by atoms with Crippen LogP contribution in [-0.4, -0.2) is 14.4 Å². The predicted octanol–water partition coefficient (Wildman–Crippen LogP) is 3.08. The zero-order valence-electron chi connectivity index (χ0n) is 10.3. The van der Waals surface area contributed by atoms with E-state index >= 15 is 0 Å². The van der Waals surface area contributed by atoms with Crippen molar-refractivity contribution in [2.24, 2.45) is 5.92 Å². The molecule has 0 saturated heterocycles. The van der Waals surface area contributed by atoms with E-state index in [1.54, 1.807) is 0 Å². The molecule has 0 radical (unpaired) electrons. The summed E-state index contributed by atoms with van der Waals surface area (Å²) in [4.78, 5) is 0. The van der Waals surface area contributed by atoms with E-state index in [4.69, 9.17) is 4.43 Å². The minimum absolute atomic E-state index is 0.391. The van der Waals surface area contributed by atoms with Crippen molar-refractivity contribution >= 4 is 13.5 Å². The van der Waals surface area contributed by atoms with E-state index in [-0.39, 0.29) is 0 Å². The lowest BCUT2D eigenvalue weighted by molar-refractivity contribution is 0.173. The molecule has 0 N–H and O–H groups in total.